The van der Waals surface area contributed by atoms with Crippen LogP contribution in [-0.4, -0.2) is 33.1 Å². The Morgan fingerprint density at radius 2 is 1.89 bits per heavy atom. The number of hydrogen-bond donors (Lipinski definition) is 1. The summed E-state index contributed by atoms with van der Waals surface area (Å²) >= 11 is 0. The molecule has 2 unspecified atom stereocenters. The molecule has 0 aliphatic rings. The van der Waals surface area contributed by atoms with E-state index in [1.54, 1.807) is 0 Å². The summed E-state index contributed by atoms with van der Waals surface area (Å²) in [6, 6.07) is 9.62. The van der Waals surface area contributed by atoms with Gasteiger partial charge < -0.3 is 10.5 Å². The maximum absolute atomic E-state index is 11.1. The van der Waals surface area contributed by atoms with Gasteiger partial charge in [0.25, 0.3) is 0 Å². The van der Waals surface area contributed by atoms with Crippen molar-refractivity contribution in [2.75, 3.05) is 18.6 Å². The molecule has 19 heavy (non-hydrogen) atoms. The fraction of sp³-hybridized carbons (Fsp3) is 0.571. The third kappa shape index (κ3) is 6.18. The molecule has 0 bridgehead atoms. The maximum Gasteiger partial charge on any atom is 0.147 e. The van der Waals surface area contributed by atoms with Crippen LogP contribution in [0.2, 0.25) is 0 Å². The first-order valence-electron chi connectivity index (χ1n) is 6.54. The number of rotatable bonds is 8. The van der Waals surface area contributed by atoms with Crippen molar-refractivity contribution in [3.63, 3.8) is 0 Å². The molecule has 1 rings (SSSR count). The molecule has 5 heteroatoms. The highest BCUT2D eigenvalue weighted by Crippen LogP contribution is 2.22. The standard InChI is InChI=1S/C14H23NO3S/c1-3-18-14(12-8-5-4-6-9-12)13(15)10-7-11-19(2,16)17/h4-6,8-9,13-14H,3,7,10-11,15H2,1-2H3. The second-order valence-corrected chi connectivity index (χ2v) is 6.98. The van der Waals surface area contributed by atoms with E-state index in [4.69, 9.17) is 10.5 Å². The summed E-state index contributed by atoms with van der Waals surface area (Å²) < 4.78 is 27.9. The summed E-state index contributed by atoms with van der Waals surface area (Å²) in [4.78, 5) is 0. The maximum atomic E-state index is 11.1. The van der Waals surface area contributed by atoms with Crippen LogP contribution in [0.25, 0.3) is 0 Å². The number of sulfone groups is 1. The zero-order valence-electron chi connectivity index (χ0n) is 11.6. The first-order valence-corrected chi connectivity index (χ1v) is 8.60. The van der Waals surface area contributed by atoms with E-state index in [2.05, 4.69) is 0 Å². The molecule has 1 aromatic rings. The van der Waals surface area contributed by atoms with Crippen LogP contribution < -0.4 is 5.73 Å². The Morgan fingerprint density at radius 3 is 2.42 bits per heavy atom. The molecule has 0 heterocycles. The van der Waals surface area contributed by atoms with Crippen molar-refractivity contribution in [2.24, 2.45) is 5.73 Å². The van der Waals surface area contributed by atoms with E-state index >= 15 is 0 Å². The zero-order valence-corrected chi connectivity index (χ0v) is 12.4. The number of ether oxygens (including phenoxy) is 1. The van der Waals surface area contributed by atoms with Gasteiger partial charge >= 0.3 is 0 Å². The van der Waals surface area contributed by atoms with Crippen LogP contribution in [0, 0.1) is 0 Å². The minimum atomic E-state index is -2.92. The second-order valence-electron chi connectivity index (χ2n) is 4.72. The highest BCUT2D eigenvalue weighted by molar-refractivity contribution is 7.90. The predicted octanol–water partition coefficient (Wildman–Crippen LogP) is 1.92. The number of hydrogen-bond acceptors (Lipinski definition) is 4. The highest BCUT2D eigenvalue weighted by atomic mass is 32.2. The van der Waals surface area contributed by atoms with Crippen molar-refractivity contribution in [3.8, 4) is 0 Å². The zero-order chi connectivity index (χ0) is 14.3. The van der Waals surface area contributed by atoms with E-state index in [9.17, 15) is 8.42 Å². The van der Waals surface area contributed by atoms with Crippen molar-refractivity contribution in [1.82, 2.24) is 0 Å². The molecule has 0 amide bonds. The molecule has 0 radical (unpaired) electrons. The topological polar surface area (TPSA) is 69.4 Å². The van der Waals surface area contributed by atoms with Gasteiger partial charge in [-0.25, -0.2) is 8.42 Å². The Labute approximate surface area is 115 Å². The monoisotopic (exact) mass is 285 g/mol. The number of nitrogens with two attached hydrogens (primary N) is 1. The first-order chi connectivity index (χ1) is 8.94. The van der Waals surface area contributed by atoms with Gasteiger partial charge in [0.05, 0.1) is 6.10 Å². The largest absolute Gasteiger partial charge is 0.372 e. The average molecular weight is 285 g/mol. The van der Waals surface area contributed by atoms with E-state index < -0.39 is 9.84 Å². The molecule has 0 fully saturated rings. The lowest BCUT2D eigenvalue weighted by atomic mass is 9.99. The lowest BCUT2D eigenvalue weighted by Crippen LogP contribution is -2.31. The van der Waals surface area contributed by atoms with Crippen molar-refractivity contribution in [2.45, 2.75) is 31.9 Å². The third-order valence-corrected chi connectivity index (χ3v) is 3.95. The Balaban J connectivity index is 2.61. The average Bonchev–Trinajstić information content (AvgIpc) is 2.35. The van der Waals surface area contributed by atoms with E-state index in [1.165, 1.54) is 6.26 Å². The summed E-state index contributed by atoms with van der Waals surface area (Å²) in [5.41, 5.74) is 7.18. The van der Waals surface area contributed by atoms with Gasteiger partial charge in [-0.05, 0) is 25.3 Å². The van der Waals surface area contributed by atoms with Gasteiger partial charge in [-0.2, -0.15) is 0 Å². The molecule has 1 aromatic carbocycles. The molecule has 0 saturated heterocycles. The molecule has 0 saturated carbocycles. The van der Waals surface area contributed by atoms with E-state index in [0.717, 1.165) is 5.56 Å². The highest BCUT2D eigenvalue weighted by Gasteiger charge is 2.20. The van der Waals surface area contributed by atoms with Gasteiger partial charge in [-0.3, -0.25) is 0 Å². The Kier molecular flexibility index (Phi) is 6.48. The predicted molar refractivity (Wildman–Crippen MR) is 77.7 cm³/mol. The smallest absolute Gasteiger partial charge is 0.147 e. The van der Waals surface area contributed by atoms with Crippen LogP contribution in [0.5, 0.6) is 0 Å². The van der Waals surface area contributed by atoms with Crippen LogP contribution in [0.3, 0.4) is 0 Å². The summed E-state index contributed by atoms with van der Waals surface area (Å²) in [7, 11) is -2.92. The molecule has 2 atom stereocenters. The Morgan fingerprint density at radius 1 is 1.26 bits per heavy atom. The van der Waals surface area contributed by atoms with Gasteiger partial charge in [0.15, 0.2) is 0 Å². The van der Waals surface area contributed by atoms with Crippen molar-refractivity contribution in [1.29, 1.82) is 0 Å². The van der Waals surface area contributed by atoms with Crippen LogP contribution in [0.1, 0.15) is 31.4 Å². The minimum absolute atomic E-state index is 0.175. The van der Waals surface area contributed by atoms with Gasteiger partial charge in [0.1, 0.15) is 9.84 Å². The molecule has 0 aliphatic heterocycles. The lowest BCUT2D eigenvalue weighted by molar-refractivity contribution is 0.0411. The molecule has 108 valence electrons. The quantitative estimate of drug-likeness (QED) is 0.792. The van der Waals surface area contributed by atoms with Gasteiger partial charge in [-0.1, -0.05) is 30.3 Å². The molecule has 2 N–H and O–H groups in total. The van der Waals surface area contributed by atoms with Gasteiger partial charge in [-0.15, -0.1) is 0 Å². The Hall–Kier alpha value is -0.910. The minimum Gasteiger partial charge on any atom is -0.372 e. The third-order valence-electron chi connectivity index (χ3n) is 2.92. The fourth-order valence-electron chi connectivity index (χ4n) is 2.02. The molecule has 0 aromatic heterocycles. The van der Waals surface area contributed by atoms with Crippen LogP contribution in [0.4, 0.5) is 0 Å². The lowest BCUT2D eigenvalue weighted by Gasteiger charge is -2.24. The van der Waals surface area contributed by atoms with Gasteiger partial charge in [0, 0.05) is 24.7 Å². The summed E-state index contributed by atoms with van der Waals surface area (Å²) in [6.45, 7) is 2.51. The molecule has 0 spiro atoms. The van der Waals surface area contributed by atoms with Crippen LogP contribution in [-0.2, 0) is 14.6 Å². The van der Waals surface area contributed by atoms with E-state index in [-0.39, 0.29) is 17.9 Å². The fourth-order valence-corrected chi connectivity index (χ4v) is 2.71. The SMILES string of the molecule is CCOC(c1ccccc1)C(N)CCCS(C)(=O)=O. The van der Waals surface area contributed by atoms with Gasteiger partial charge in [0.2, 0.25) is 0 Å². The molecule has 0 aliphatic carbocycles. The summed E-state index contributed by atoms with van der Waals surface area (Å²) in [5, 5.41) is 0. The summed E-state index contributed by atoms with van der Waals surface area (Å²) in [5.74, 6) is 0.175. The number of benzene rings is 1. The summed E-state index contributed by atoms with van der Waals surface area (Å²) in [6.07, 6.45) is 2.27. The van der Waals surface area contributed by atoms with E-state index in [1.807, 2.05) is 37.3 Å². The second kappa shape index (κ2) is 7.62. The van der Waals surface area contributed by atoms with E-state index in [0.29, 0.717) is 19.4 Å². The Bertz CT molecular complexity index is 459. The molecular formula is C14H23NO3S. The van der Waals surface area contributed by atoms with Crippen LogP contribution >= 0.6 is 0 Å². The van der Waals surface area contributed by atoms with Crippen molar-refractivity contribution >= 4 is 9.84 Å². The van der Waals surface area contributed by atoms with Crippen molar-refractivity contribution < 1.29 is 13.2 Å². The molecular weight excluding hydrogens is 262 g/mol. The van der Waals surface area contributed by atoms with Crippen molar-refractivity contribution in [3.05, 3.63) is 35.9 Å². The molecule has 4 nitrogen and oxygen atoms in total. The normalized spacial score (nSPS) is 15.1. The first kappa shape index (κ1) is 16.1. The van der Waals surface area contributed by atoms with Crippen LogP contribution in [0.15, 0.2) is 30.3 Å².